The van der Waals surface area contributed by atoms with Crippen molar-refractivity contribution >= 4 is 11.5 Å². The van der Waals surface area contributed by atoms with Crippen molar-refractivity contribution in [1.29, 1.82) is 0 Å². The molecule has 0 bridgehead atoms. The van der Waals surface area contributed by atoms with Crippen molar-refractivity contribution in [2.75, 3.05) is 17.6 Å². The molecule has 1 aromatic carbocycles. The Bertz CT molecular complexity index is 635. The molecule has 1 aliphatic carbocycles. The van der Waals surface area contributed by atoms with E-state index in [1.54, 1.807) is 0 Å². The van der Waals surface area contributed by atoms with Crippen LogP contribution in [0.2, 0.25) is 0 Å². The van der Waals surface area contributed by atoms with Crippen LogP contribution in [-0.4, -0.2) is 16.5 Å². The molecule has 1 heterocycles. The normalized spacial score (nSPS) is 16.8. The Kier molecular flexibility index (Phi) is 2.51. The highest BCUT2D eigenvalue weighted by molar-refractivity contribution is 5.59. The van der Waals surface area contributed by atoms with Crippen molar-refractivity contribution in [2.45, 2.75) is 12.3 Å². The van der Waals surface area contributed by atoms with E-state index in [9.17, 15) is 4.79 Å². The van der Waals surface area contributed by atoms with Crippen molar-refractivity contribution in [3.8, 4) is 0 Å². The zero-order chi connectivity index (χ0) is 12.5. The second-order valence-electron chi connectivity index (χ2n) is 4.47. The predicted molar refractivity (Wildman–Crippen MR) is 70.6 cm³/mol. The number of aromatic amines is 1. The van der Waals surface area contributed by atoms with Crippen LogP contribution in [-0.2, 0) is 6.42 Å². The molecule has 1 unspecified atom stereocenters. The van der Waals surface area contributed by atoms with E-state index in [2.05, 4.69) is 33.5 Å². The highest BCUT2D eigenvalue weighted by Crippen LogP contribution is 2.34. The van der Waals surface area contributed by atoms with Gasteiger partial charge in [0.15, 0.2) is 5.82 Å². The summed E-state index contributed by atoms with van der Waals surface area (Å²) in [5.41, 5.74) is 8.26. The first-order chi connectivity index (χ1) is 8.75. The Morgan fingerprint density at radius 2 is 2.28 bits per heavy atom. The molecular formula is C13H14N4O. The Hall–Kier alpha value is -2.30. The molecule has 1 aliphatic rings. The molecule has 2 aromatic rings. The molecule has 0 fully saturated rings. The van der Waals surface area contributed by atoms with Crippen LogP contribution in [0.4, 0.5) is 11.5 Å². The quantitative estimate of drug-likeness (QED) is 0.752. The third-order valence-corrected chi connectivity index (χ3v) is 3.37. The van der Waals surface area contributed by atoms with Gasteiger partial charge in [0, 0.05) is 12.5 Å². The van der Waals surface area contributed by atoms with E-state index in [1.165, 1.54) is 17.5 Å². The second-order valence-corrected chi connectivity index (χ2v) is 4.47. The number of hydrogen-bond donors (Lipinski definition) is 3. The van der Waals surface area contributed by atoms with Crippen molar-refractivity contribution in [3.63, 3.8) is 0 Å². The standard InChI is InChI=1S/C13H14N4O/c14-11-12(16-7-17-13(11)18)15-6-9-5-8-3-1-2-4-10(8)9/h1-4,7,9H,5-6,14H2,(H2,15,16,17,18). The van der Waals surface area contributed by atoms with E-state index in [4.69, 9.17) is 5.73 Å². The number of nitrogens with zero attached hydrogens (tertiary/aromatic N) is 1. The number of hydrogen-bond acceptors (Lipinski definition) is 4. The van der Waals surface area contributed by atoms with Gasteiger partial charge in [-0.05, 0) is 17.5 Å². The fourth-order valence-corrected chi connectivity index (χ4v) is 2.32. The van der Waals surface area contributed by atoms with Crippen LogP contribution in [0.1, 0.15) is 17.0 Å². The molecule has 3 rings (SSSR count). The van der Waals surface area contributed by atoms with Crippen molar-refractivity contribution < 1.29 is 0 Å². The number of nitrogens with one attached hydrogen (secondary N) is 2. The number of nitrogen functional groups attached to an aromatic ring is 1. The molecule has 18 heavy (non-hydrogen) atoms. The topological polar surface area (TPSA) is 83.8 Å². The molecule has 4 N–H and O–H groups in total. The van der Waals surface area contributed by atoms with Crippen LogP contribution in [0.15, 0.2) is 35.4 Å². The number of nitrogens with two attached hydrogens (primary N) is 1. The van der Waals surface area contributed by atoms with Gasteiger partial charge in [-0.3, -0.25) is 4.79 Å². The van der Waals surface area contributed by atoms with Crippen LogP contribution in [0, 0.1) is 0 Å². The highest BCUT2D eigenvalue weighted by Gasteiger charge is 2.25. The molecule has 92 valence electrons. The lowest BCUT2D eigenvalue weighted by molar-refractivity contribution is 0.634. The van der Waals surface area contributed by atoms with Crippen molar-refractivity contribution in [2.24, 2.45) is 0 Å². The maximum atomic E-state index is 11.3. The lowest BCUT2D eigenvalue weighted by atomic mass is 9.77. The minimum absolute atomic E-state index is 0.144. The summed E-state index contributed by atoms with van der Waals surface area (Å²) in [5, 5.41) is 3.14. The highest BCUT2D eigenvalue weighted by atomic mass is 16.1. The summed E-state index contributed by atoms with van der Waals surface area (Å²) in [4.78, 5) is 17.8. The SMILES string of the molecule is Nc1c(NCC2Cc3ccccc32)nc[nH]c1=O. The van der Waals surface area contributed by atoms with Gasteiger partial charge in [0.1, 0.15) is 5.69 Å². The van der Waals surface area contributed by atoms with Gasteiger partial charge in [-0.1, -0.05) is 24.3 Å². The summed E-state index contributed by atoms with van der Waals surface area (Å²) < 4.78 is 0. The first kappa shape index (κ1) is 10.8. The zero-order valence-electron chi connectivity index (χ0n) is 9.81. The van der Waals surface area contributed by atoms with Gasteiger partial charge >= 0.3 is 0 Å². The van der Waals surface area contributed by atoms with Gasteiger partial charge in [0.25, 0.3) is 5.56 Å². The molecular weight excluding hydrogens is 228 g/mol. The number of rotatable bonds is 3. The van der Waals surface area contributed by atoms with Crippen LogP contribution >= 0.6 is 0 Å². The first-order valence-electron chi connectivity index (χ1n) is 5.90. The lowest BCUT2D eigenvalue weighted by Crippen LogP contribution is -2.25. The number of H-pyrrole nitrogens is 1. The van der Waals surface area contributed by atoms with Crippen LogP contribution < -0.4 is 16.6 Å². The Morgan fingerprint density at radius 3 is 3.11 bits per heavy atom. The molecule has 0 aliphatic heterocycles. The van der Waals surface area contributed by atoms with Gasteiger partial charge in [0.05, 0.1) is 6.33 Å². The summed E-state index contributed by atoms with van der Waals surface area (Å²) in [6.45, 7) is 0.748. The van der Waals surface area contributed by atoms with Gasteiger partial charge in [-0.2, -0.15) is 0 Å². The number of anilines is 2. The lowest BCUT2D eigenvalue weighted by Gasteiger charge is -2.30. The van der Waals surface area contributed by atoms with Gasteiger partial charge < -0.3 is 16.0 Å². The Labute approximate surface area is 104 Å². The van der Waals surface area contributed by atoms with Gasteiger partial charge in [-0.25, -0.2) is 4.98 Å². The largest absolute Gasteiger partial charge is 0.391 e. The number of fused-ring (bicyclic) bond motifs is 1. The Balaban J connectivity index is 1.70. The maximum absolute atomic E-state index is 11.3. The van der Waals surface area contributed by atoms with E-state index in [0.29, 0.717) is 11.7 Å². The molecule has 5 nitrogen and oxygen atoms in total. The first-order valence-corrected chi connectivity index (χ1v) is 5.90. The Morgan fingerprint density at radius 1 is 1.44 bits per heavy atom. The molecule has 0 saturated heterocycles. The van der Waals surface area contributed by atoms with Gasteiger partial charge in [0.2, 0.25) is 0 Å². The summed E-state index contributed by atoms with van der Waals surface area (Å²) >= 11 is 0. The fourth-order valence-electron chi connectivity index (χ4n) is 2.32. The minimum atomic E-state index is -0.304. The third kappa shape index (κ3) is 1.73. The summed E-state index contributed by atoms with van der Waals surface area (Å²) in [7, 11) is 0. The van der Waals surface area contributed by atoms with Crippen molar-refractivity contribution in [3.05, 3.63) is 52.1 Å². The summed E-state index contributed by atoms with van der Waals surface area (Å²) in [6, 6.07) is 8.38. The fraction of sp³-hybridized carbons (Fsp3) is 0.231. The van der Waals surface area contributed by atoms with E-state index in [-0.39, 0.29) is 11.2 Å². The minimum Gasteiger partial charge on any atom is -0.391 e. The molecule has 0 amide bonds. The molecule has 0 radical (unpaired) electrons. The number of benzene rings is 1. The van der Waals surface area contributed by atoms with Crippen LogP contribution in [0.5, 0.6) is 0 Å². The second kappa shape index (κ2) is 4.18. The predicted octanol–water partition coefficient (Wildman–Crippen LogP) is 1.10. The smallest absolute Gasteiger partial charge is 0.276 e. The monoisotopic (exact) mass is 242 g/mol. The van der Waals surface area contributed by atoms with Crippen molar-refractivity contribution in [1.82, 2.24) is 9.97 Å². The maximum Gasteiger partial charge on any atom is 0.276 e. The van der Waals surface area contributed by atoms with Crippen LogP contribution in [0.3, 0.4) is 0 Å². The average molecular weight is 242 g/mol. The van der Waals surface area contributed by atoms with Gasteiger partial charge in [-0.15, -0.1) is 0 Å². The van der Waals surface area contributed by atoms with E-state index in [1.807, 2.05) is 6.07 Å². The molecule has 1 atom stereocenters. The number of aromatic nitrogens is 2. The summed E-state index contributed by atoms with van der Waals surface area (Å²) in [5.74, 6) is 0.935. The third-order valence-electron chi connectivity index (χ3n) is 3.37. The van der Waals surface area contributed by atoms with E-state index in [0.717, 1.165) is 13.0 Å². The van der Waals surface area contributed by atoms with E-state index >= 15 is 0 Å². The molecule has 0 saturated carbocycles. The zero-order valence-corrected chi connectivity index (χ0v) is 9.81. The molecule has 1 aromatic heterocycles. The molecule has 5 heteroatoms. The average Bonchev–Trinajstić information content (AvgIpc) is 2.35. The van der Waals surface area contributed by atoms with E-state index < -0.39 is 0 Å². The summed E-state index contributed by atoms with van der Waals surface area (Å²) in [6.07, 6.45) is 2.42. The molecule has 0 spiro atoms. The van der Waals surface area contributed by atoms with Crippen LogP contribution in [0.25, 0.3) is 0 Å².